The Bertz CT molecular complexity index is 2730. The van der Waals surface area contributed by atoms with E-state index in [0.29, 0.717) is 34.3 Å². The predicted octanol–water partition coefficient (Wildman–Crippen LogP) is -7.61. The average molecular weight is 1220 g/mol. The summed E-state index contributed by atoms with van der Waals surface area (Å²) in [5.74, 6) is -13.5. The second-order valence-electron chi connectivity index (χ2n) is 21.0. The van der Waals surface area contributed by atoms with Gasteiger partial charge in [-0.05, 0) is 55.3 Å². The number of hydrogen-bond donors (Lipinski definition) is 15. The third-order valence-electron chi connectivity index (χ3n) is 14.4. The molecule has 462 valence electrons. The minimum Gasteiger partial charge on any atom is -0.716 e. The molecule has 30 nitrogen and oxygen atoms in total. The second kappa shape index (κ2) is 32.1. The first-order valence-corrected chi connectivity index (χ1v) is 28.4. The molecule has 32 heteroatoms. The molecule has 5 rings (SSSR count). The fourth-order valence-electron chi connectivity index (χ4n) is 9.87. The summed E-state index contributed by atoms with van der Waals surface area (Å²) in [5, 5.41) is 111. The van der Waals surface area contributed by atoms with Crippen molar-refractivity contribution in [3.05, 3.63) is 53.6 Å². The van der Waals surface area contributed by atoms with Crippen LogP contribution in [0.5, 0.6) is 17.2 Å². The van der Waals surface area contributed by atoms with Crippen molar-refractivity contribution in [3.63, 3.8) is 0 Å². The number of phenols is 1. The van der Waals surface area contributed by atoms with E-state index in [1.807, 2.05) is 10.6 Å². The molecule has 2 aromatic rings. The van der Waals surface area contributed by atoms with Gasteiger partial charge in [0.1, 0.15) is 60.3 Å². The molecule has 3 aliphatic rings. The van der Waals surface area contributed by atoms with Gasteiger partial charge in [0.15, 0.2) is 17.7 Å². The molecule has 15 atom stereocenters. The van der Waals surface area contributed by atoms with Crippen molar-refractivity contribution in [2.75, 3.05) is 19.7 Å². The molecule has 16 N–H and O–H groups in total. The van der Waals surface area contributed by atoms with Crippen LogP contribution in [0.25, 0.3) is 0 Å². The molecule has 0 aliphatic carbocycles. The fourth-order valence-corrected chi connectivity index (χ4v) is 10.2. The number of amides is 8. The Morgan fingerprint density at radius 2 is 1.37 bits per heavy atom. The SMILES string of the molecule is CCCCCCCCCCOc1ccc(C(=O)N[C@@H]2C[C@@H](O)[C@@H](O)NC(=O)[C@@H]3[C@@H](O)[C@@H](C)CN3C(=O)[C@H]([C@H](O)CC(N)=O)NC(=O)[C@H]([C@H](O)[C@@H](O)c3ccc(O)c(OS(=O)(=O)[O-])c3)NC(=O)[C@@H]3C[C@@H](O)CN3C(=O)C([C@@H](C)O)NC2=O)cc1.[Na+]. The molecule has 0 spiro atoms. The normalized spacial score (nSPS) is 27.2. The van der Waals surface area contributed by atoms with Gasteiger partial charge in [0.25, 0.3) is 16.3 Å². The molecule has 1 unspecified atom stereocenters. The summed E-state index contributed by atoms with van der Waals surface area (Å²) in [6, 6.07) is -5.23. The number of aliphatic hydroxyl groups excluding tert-OH is 8. The molecule has 8 amide bonds. The number of unbranched alkanes of at least 4 members (excludes halogenated alkanes) is 7. The van der Waals surface area contributed by atoms with Crippen molar-refractivity contribution in [3.8, 4) is 17.2 Å². The van der Waals surface area contributed by atoms with Crippen LogP contribution in [-0.4, -0.2) is 215 Å². The average Bonchev–Trinajstić information content (AvgIpc) is 3.32. The molecule has 3 fully saturated rings. The maximum absolute atomic E-state index is 14.6. The van der Waals surface area contributed by atoms with E-state index in [-0.39, 0.29) is 35.1 Å². The van der Waals surface area contributed by atoms with Crippen molar-refractivity contribution < 1.29 is 136 Å². The first kappa shape index (κ1) is 70.7. The van der Waals surface area contributed by atoms with Gasteiger partial charge in [-0.3, -0.25) is 38.4 Å². The molecular weight excluding hydrogens is 1140 g/mol. The topological polar surface area (TPSA) is 487 Å². The number of aromatic hydroxyl groups is 1. The molecular formula is C52H75N8NaO22S. The second-order valence-corrected chi connectivity index (χ2v) is 22.0. The maximum Gasteiger partial charge on any atom is 1.00 e. The number of hydrogen-bond acceptors (Lipinski definition) is 22. The van der Waals surface area contributed by atoms with E-state index in [9.17, 15) is 97.3 Å². The van der Waals surface area contributed by atoms with E-state index < -0.39 is 198 Å². The smallest absolute Gasteiger partial charge is 0.716 e. The van der Waals surface area contributed by atoms with E-state index in [2.05, 4.69) is 27.1 Å². The van der Waals surface area contributed by atoms with Gasteiger partial charge in [-0.15, -0.1) is 0 Å². The Balaban J connectivity index is 0.0000151. The van der Waals surface area contributed by atoms with Crippen LogP contribution in [0.3, 0.4) is 0 Å². The number of rotatable bonds is 21. The van der Waals surface area contributed by atoms with Crippen LogP contribution in [0, 0.1) is 5.92 Å². The number of fused-ring (bicyclic) bond motifs is 2. The predicted molar refractivity (Wildman–Crippen MR) is 284 cm³/mol. The van der Waals surface area contributed by atoms with Gasteiger partial charge in [0.2, 0.25) is 41.4 Å². The monoisotopic (exact) mass is 1220 g/mol. The fraction of sp³-hybridized carbons (Fsp3) is 0.615. The zero-order valence-corrected chi connectivity index (χ0v) is 49.6. The quantitative estimate of drug-likeness (QED) is 0.0239. The number of carbonyl (C=O) groups is 8. The molecule has 3 heterocycles. The first-order valence-electron chi connectivity index (χ1n) is 27.1. The summed E-state index contributed by atoms with van der Waals surface area (Å²) in [4.78, 5) is 114. The van der Waals surface area contributed by atoms with E-state index >= 15 is 0 Å². The Morgan fingerprint density at radius 1 is 0.774 bits per heavy atom. The van der Waals surface area contributed by atoms with E-state index in [1.165, 1.54) is 44.0 Å². The maximum atomic E-state index is 14.6. The molecule has 84 heavy (non-hydrogen) atoms. The van der Waals surface area contributed by atoms with Crippen molar-refractivity contribution in [2.45, 2.75) is 177 Å². The zero-order valence-electron chi connectivity index (χ0n) is 46.8. The third kappa shape index (κ3) is 19.4. The number of nitrogens with one attached hydrogen (secondary N) is 5. The summed E-state index contributed by atoms with van der Waals surface area (Å²) >= 11 is 0. The van der Waals surface area contributed by atoms with Gasteiger partial charge in [-0.2, -0.15) is 0 Å². The van der Waals surface area contributed by atoms with Crippen LogP contribution in [0.2, 0.25) is 0 Å². The number of carbonyl (C=O) groups excluding carboxylic acids is 8. The van der Waals surface area contributed by atoms with Gasteiger partial charge >= 0.3 is 29.6 Å². The molecule has 3 aliphatic heterocycles. The minimum atomic E-state index is -5.59. The number of nitrogens with zero attached hydrogens (tertiary/aromatic N) is 2. The van der Waals surface area contributed by atoms with Gasteiger partial charge in [0.05, 0.1) is 37.4 Å². The standard InChI is InChI=1S/C52H76N8O22S.Na/c1-4-5-6-7-8-9-10-11-18-81-30-15-12-27(13-16-30)45(70)54-31-21-35(65)48(73)58-50(75)41-42(67)25(2)23-60(41)52(77)39(34(64)22-37(53)66)56-49(74)40(44(69)43(68)28-14-17-33(63)36(19-28)82-83(78,79)80)57-47(72)32-20-29(62)24-59(32)51(76)38(26(3)61)55-46(31)71;/h12-17,19,25-26,29,31-32,34-35,38-44,48,61-65,67-69,73H,4-11,18,20-24H2,1-3H3,(H2,53,66)(H,54,70)(H,55,71)(H,56,74)(H,57,72)(H,58,75)(H,78,79,80);/q;+1/p-1/t25-,26+,29+,31+,32-,34+,35+,38?,39-,40-,41-,42-,43-,44-,48+;/m0./s1. The Labute approximate surface area is 506 Å². The molecule has 3 saturated heterocycles. The van der Waals surface area contributed by atoms with Crippen molar-refractivity contribution >= 4 is 57.7 Å². The van der Waals surface area contributed by atoms with Crippen LogP contribution in [-0.2, 0) is 44.0 Å². The van der Waals surface area contributed by atoms with Crippen LogP contribution < -0.4 is 70.8 Å². The number of benzene rings is 2. The third-order valence-corrected chi connectivity index (χ3v) is 14.8. The van der Waals surface area contributed by atoms with Gasteiger partial charge < -0.3 is 102 Å². The van der Waals surface area contributed by atoms with Crippen LogP contribution in [0.1, 0.15) is 113 Å². The van der Waals surface area contributed by atoms with Crippen LogP contribution in [0.4, 0.5) is 0 Å². The number of primary amides is 1. The van der Waals surface area contributed by atoms with Gasteiger partial charge in [-0.1, -0.05) is 64.9 Å². The molecule has 0 bridgehead atoms. The number of phenolic OH excluding ortho intramolecular Hbond substituents is 1. The minimum absolute atomic E-state index is 0. The summed E-state index contributed by atoms with van der Waals surface area (Å²) in [6.45, 7) is 3.66. The summed E-state index contributed by atoms with van der Waals surface area (Å²) in [5.41, 5.74) is 4.66. The Kier molecular flexibility index (Phi) is 27.0. The summed E-state index contributed by atoms with van der Waals surface area (Å²) in [7, 11) is -5.59. The molecule has 0 saturated carbocycles. The Morgan fingerprint density at radius 3 is 1.98 bits per heavy atom. The molecule has 0 radical (unpaired) electrons. The van der Waals surface area contributed by atoms with E-state index in [1.54, 1.807) is 0 Å². The first-order chi connectivity index (χ1) is 39.0. The zero-order chi connectivity index (χ0) is 61.6. The van der Waals surface area contributed by atoms with Crippen LogP contribution >= 0.6 is 0 Å². The molecule has 2 aromatic carbocycles. The van der Waals surface area contributed by atoms with E-state index in [0.717, 1.165) is 51.5 Å². The number of aliphatic hydroxyl groups is 8. The summed E-state index contributed by atoms with van der Waals surface area (Å²) in [6.07, 6.45) is -11.5. The van der Waals surface area contributed by atoms with Gasteiger partial charge in [-0.25, -0.2) is 8.42 Å². The molecule has 0 aromatic heterocycles. The van der Waals surface area contributed by atoms with E-state index in [4.69, 9.17) is 10.5 Å². The summed E-state index contributed by atoms with van der Waals surface area (Å²) < 4.78 is 44.3. The van der Waals surface area contributed by atoms with Crippen molar-refractivity contribution in [1.29, 1.82) is 0 Å². The Hall–Kier alpha value is -5.81. The largest absolute Gasteiger partial charge is 1.00 e. The van der Waals surface area contributed by atoms with Crippen LogP contribution in [0.15, 0.2) is 42.5 Å². The number of nitrogens with two attached hydrogens (primary N) is 1. The van der Waals surface area contributed by atoms with Crippen molar-refractivity contribution in [2.24, 2.45) is 11.7 Å². The van der Waals surface area contributed by atoms with Crippen molar-refractivity contribution in [1.82, 2.24) is 36.4 Å². The number of ether oxygens (including phenoxy) is 1. The van der Waals surface area contributed by atoms with Gasteiger partial charge in [0, 0.05) is 37.4 Å².